The Labute approximate surface area is 180 Å². The standard InChI is InChI=1S/C24H16O8/c25-15-6-1-13(2-7-15)3-10-21(29)31-20-12-18(28)22-17(27)11-19(32-24(22)23(20)30)14-4-8-16(26)9-5-14/h1-12,25-26,28,30H. The third-order valence-corrected chi connectivity index (χ3v) is 4.59. The lowest BCUT2D eigenvalue weighted by atomic mass is 10.1. The highest BCUT2D eigenvalue weighted by Crippen LogP contribution is 2.40. The molecule has 4 N–H and O–H groups in total. The molecular weight excluding hydrogens is 416 g/mol. The molecule has 0 aliphatic heterocycles. The van der Waals surface area contributed by atoms with Gasteiger partial charge in [-0.2, -0.15) is 0 Å². The molecule has 0 atom stereocenters. The van der Waals surface area contributed by atoms with E-state index in [1.165, 1.54) is 42.5 Å². The first-order valence-electron chi connectivity index (χ1n) is 9.33. The van der Waals surface area contributed by atoms with E-state index in [1.54, 1.807) is 12.1 Å². The lowest BCUT2D eigenvalue weighted by Gasteiger charge is -2.10. The van der Waals surface area contributed by atoms with E-state index in [9.17, 15) is 30.0 Å². The van der Waals surface area contributed by atoms with Crippen molar-refractivity contribution in [3.8, 4) is 40.1 Å². The second kappa shape index (κ2) is 8.19. The second-order valence-corrected chi connectivity index (χ2v) is 6.81. The van der Waals surface area contributed by atoms with E-state index in [0.29, 0.717) is 11.1 Å². The predicted molar refractivity (Wildman–Crippen MR) is 116 cm³/mol. The fraction of sp³-hybridized carbons (Fsp3) is 0. The average Bonchev–Trinajstić information content (AvgIpc) is 2.77. The molecule has 0 aliphatic carbocycles. The van der Waals surface area contributed by atoms with Crippen molar-refractivity contribution >= 4 is 23.0 Å². The van der Waals surface area contributed by atoms with Crippen molar-refractivity contribution in [2.45, 2.75) is 0 Å². The van der Waals surface area contributed by atoms with Crippen molar-refractivity contribution < 1.29 is 34.4 Å². The normalized spacial score (nSPS) is 11.1. The van der Waals surface area contributed by atoms with E-state index < -0.39 is 28.6 Å². The van der Waals surface area contributed by atoms with Gasteiger partial charge in [0.05, 0.1) is 0 Å². The maximum atomic E-state index is 12.5. The van der Waals surface area contributed by atoms with Crippen LogP contribution >= 0.6 is 0 Å². The van der Waals surface area contributed by atoms with Gasteiger partial charge in [0, 0.05) is 23.8 Å². The van der Waals surface area contributed by atoms with E-state index in [4.69, 9.17) is 9.15 Å². The Bertz CT molecular complexity index is 1400. The topological polar surface area (TPSA) is 137 Å². The van der Waals surface area contributed by atoms with Crippen LogP contribution in [0.1, 0.15) is 5.56 Å². The molecule has 8 heteroatoms. The first-order valence-corrected chi connectivity index (χ1v) is 9.33. The van der Waals surface area contributed by atoms with Gasteiger partial charge in [0.2, 0.25) is 5.75 Å². The third kappa shape index (κ3) is 4.10. The molecule has 3 aromatic carbocycles. The van der Waals surface area contributed by atoms with Crippen LogP contribution in [0.15, 0.2) is 76.0 Å². The zero-order valence-electron chi connectivity index (χ0n) is 16.4. The van der Waals surface area contributed by atoms with Gasteiger partial charge >= 0.3 is 5.97 Å². The van der Waals surface area contributed by atoms with Gasteiger partial charge in [0.1, 0.15) is 28.4 Å². The van der Waals surface area contributed by atoms with Crippen LogP contribution in [0, 0.1) is 0 Å². The molecule has 0 spiro atoms. The van der Waals surface area contributed by atoms with Gasteiger partial charge in [-0.15, -0.1) is 0 Å². The fourth-order valence-corrected chi connectivity index (χ4v) is 3.02. The summed E-state index contributed by atoms with van der Waals surface area (Å²) in [6.07, 6.45) is 2.53. The van der Waals surface area contributed by atoms with E-state index in [0.717, 1.165) is 18.2 Å². The molecule has 0 unspecified atom stereocenters. The molecule has 4 rings (SSSR count). The molecule has 0 radical (unpaired) electrons. The first-order chi connectivity index (χ1) is 15.3. The van der Waals surface area contributed by atoms with Crippen molar-refractivity contribution in [3.63, 3.8) is 0 Å². The molecule has 8 nitrogen and oxygen atoms in total. The molecular formula is C24H16O8. The number of phenolic OH excluding ortho intramolecular Hbond substituents is 4. The zero-order chi connectivity index (χ0) is 22.8. The summed E-state index contributed by atoms with van der Waals surface area (Å²) in [6, 6.07) is 14.0. The summed E-state index contributed by atoms with van der Waals surface area (Å²) in [4.78, 5) is 24.7. The van der Waals surface area contributed by atoms with Crippen LogP contribution < -0.4 is 10.2 Å². The number of carbonyl (C=O) groups is 1. The number of benzene rings is 3. The van der Waals surface area contributed by atoms with E-state index in [2.05, 4.69) is 0 Å². The zero-order valence-corrected chi connectivity index (χ0v) is 16.4. The smallest absolute Gasteiger partial charge is 0.336 e. The monoisotopic (exact) mass is 432 g/mol. The van der Waals surface area contributed by atoms with Crippen LogP contribution in [0.2, 0.25) is 0 Å². The van der Waals surface area contributed by atoms with Gasteiger partial charge in [-0.3, -0.25) is 4.79 Å². The minimum atomic E-state index is -0.857. The summed E-state index contributed by atoms with van der Waals surface area (Å²) in [7, 11) is 0. The Morgan fingerprint density at radius 1 is 0.875 bits per heavy atom. The van der Waals surface area contributed by atoms with Crippen molar-refractivity contribution in [2.24, 2.45) is 0 Å². The second-order valence-electron chi connectivity index (χ2n) is 6.81. The molecule has 0 saturated carbocycles. The van der Waals surface area contributed by atoms with Crippen LogP contribution in [-0.4, -0.2) is 26.4 Å². The molecule has 4 aromatic rings. The van der Waals surface area contributed by atoms with Crippen LogP contribution in [-0.2, 0) is 4.79 Å². The fourth-order valence-electron chi connectivity index (χ4n) is 3.02. The Morgan fingerprint density at radius 2 is 1.50 bits per heavy atom. The van der Waals surface area contributed by atoms with Crippen LogP contribution in [0.25, 0.3) is 28.4 Å². The van der Waals surface area contributed by atoms with Gasteiger partial charge in [-0.1, -0.05) is 12.1 Å². The summed E-state index contributed by atoms with van der Waals surface area (Å²) < 4.78 is 10.7. The van der Waals surface area contributed by atoms with Crippen LogP contribution in [0.5, 0.6) is 28.7 Å². The summed E-state index contributed by atoms with van der Waals surface area (Å²) in [6.45, 7) is 0. The van der Waals surface area contributed by atoms with Gasteiger partial charge < -0.3 is 29.6 Å². The maximum absolute atomic E-state index is 12.5. The largest absolute Gasteiger partial charge is 0.508 e. The molecule has 0 saturated heterocycles. The van der Waals surface area contributed by atoms with Crippen molar-refractivity contribution in [1.82, 2.24) is 0 Å². The maximum Gasteiger partial charge on any atom is 0.336 e. The van der Waals surface area contributed by atoms with Crippen molar-refractivity contribution in [3.05, 3.63) is 82.5 Å². The summed E-state index contributed by atoms with van der Waals surface area (Å²) in [5, 5.41) is 39.3. The number of esters is 1. The van der Waals surface area contributed by atoms with Gasteiger partial charge in [-0.25, -0.2) is 4.79 Å². The average molecular weight is 432 g/mol. The number of hydrogen-bond donors (Lipinski definition) is 4. The predicted octanol–water partition coefficient (Wildman–Crippen LogP) is 3.90. The third-order valence-electron chi connectivity index (χ3n) is 4.59. The van der Waals surface area contributed by atoms with E-state index in [1.807, 2.05) is 0 Å². The van der Waals surface area contributed by atoms with Crippen LogP contribution in [0.3, 0.4) is 0 Å². The SMILES string of the molecule is O=C(C=Cc1ccc(O)cc1)Oc1cc(O)c2c(=O)cc(-c3ccc(O)cc3)oc2c1O. The minimum Gasteiger partial charge on any atom is -0.508 e. The number of rotatable bonds is 4. The molecule has 160 valence electrons. The molecule has 0 amide bonds. The number of ether oxygens (including phenoxy) is 1. The van der Waals surface area contributed by atoms with Gasteiger partial charge in [0.15, 0.2) is 16.8 Å². The first kappa shape index (κ1) is 20.5. The van der Waals surface area contributed by atoms with Crippen molar-refractivity contribution in [1.29, 1.82) is 0 Å². The molecule has 1 aromatic heterocycles. The Balaban J connectivity index is 1.70. The molecule has 32 heavy (non-hydrogen) atoms. The lowest BCUT2D eigenvalue weighted by molar-refractivity contribution is -0.129. The molecule has 0 aliphatic rings. The molecule has 1 heterocycles. The highest BCUT2D eigenvalue weighted by molar-refractivity contribution is 5.94. The summed E-state index contributed by atoms with van der Waals surface area (Å²) in [5.41, 5.74) is 0.0907. The van der Waals surface area contributed by atoms with Crippen LogP contribution in [0.4, 0.5) is 0 Å². The quantitative estimate of drug-likeness (QED) is 0.165. The highest BCUT2D eigenvalue weighted by atomic mass is 16.5. The Morgan fingerprint density at radius 3 is 2.16 bits per heavy atom. The van der Waals surface area contributed by atoms with Gasteiger partial charge in [0.25, 0.3) is 0 Å². The van der Waals surface area contributed by atoms with E-state index >= 15 is 0 Å². The lowest BCUT2D eigenvalue weighted by Crippen LogP contribution is -2.06. The highest BCUT2D eigenvalue weighted by Gasteiger charge is 2.20. The minimum absolute atomic E-state index is 0.0203. The molecule has 0 fully saturated rings. The Hall–Kier alpha value is -4.72. The number of carbonyl (C=O) groups excluding carboxylic acids is 1. The number of fused-ring (bicyclic) bond motifs is 1. The van der Waals surface area contributed by atoms with E-state index in [-0.39, 0.29) is 28.2 Å². The number of phenols is 4. The molecule has 0 bridgehead atoms. The Kier molecular flexibility index (Phi) is 5.26. The number of aromatic hydroxyl groups is 4. The van der Waals surface area contributed by atoms with Gasteiger partial charge in [-0.05, 0) is 48.0 Å². The summed E-state index contributed by atoms with van der Waals surface area (Å²) >= 11 is 0. The number of hydrogen-bond acceptors (Lipinski definition) is 8. The van der Waals surface area contributed by atoms with Crippen molar-refractivity contribution in [2.75, 3.05) is 0 Å². The summed E-state index contributed by atoms with van der Waals surface area (Å²) in [5.74, 6) is -2.25.